The van der Waals surface area contributed by atoms with Crippen molar-refractivity contribution >= 4 is 44.2 Å². The van der Waals surface area contributed by atoms with Crippen molar-refractivity contribution in [2.24, 2.45) is 0 Å². The van der Waals surface area contributed by atoms with Gasteiger partial charge in [-0.15, -0.1) is 0 Å². The van der Waals surface area contributed by atoms with Crippen LogP contribution in [0.15, 0.2) is 78.9 Å². The van der Waals surface area contributed by atoms with E-state index in [9.17, 15) is 4.79 Å². The molecule has 7 heteroatoms. The molecule has 4 aromatic rings. The van der Waals surface area contributed by atoms with E-state index in [1.54, 1.807) is 11.3 Å². The number of para-hydroxylation sites is 1. The average Bonchev–Trinajstić information content (AvgIpc) is 3.32. The van der Waals surface area contributed by atoms with Crippen LogP contribution in [-0.4, -0.2) is 55.1 Å². The van der Waals surface area contributed by atoms with Gasteiger partial charge in [0.05, 0.1) is 15.6 Å². The highest BCUT2D eigenvalue weighted by Gasteiger charge is 2.23. The van der Waals surface area contributed by atoms with Crippen LogP contribution in [0.3, 0.4) is 0 Å². The Bertz CT molecular complexity index is 1200. The lowest BCUT2D eigenvalue weighted by atomic mass is 9.90. The van der Waals surface area contributed by atoms with E-state index < -0.39 is 0 Å². The lowest BCUT2D eigenvalue weighted by Crippen LogP contribution is -2.48. The Labute approximate surface area is 209 Å². The van der Waals surface area contributed by atoms with Crippen LogP contribution in [0, 0.1) is 0 Å². The third-order valence-electron chi connectivity index (χ3n) is 6.26. The first kappa shape index (κ1) is 22.8. The molecule has 1 saturated heterocycles. The molecule has 0 aliphatic carbocycles. The van der Waals surface area contributed by atoms with Gasteiger partial charge in [0.2, 0.25) is 5.91 Å². The third-order valence-corrected chi connectivity index (χ3v) is 7.64. The second-order valence-corrected chi connectivity index (χ2v) is 9.87. The minimum atomic E-state index is -0.301. The topological polar surface area (TPSA) is 48.5 Å². The molecule has 0 radical (unpaired) electrons. The lowest BCUT2D eigenvalue weighted by Gasteiger charge is -2.34. The van der Waals surface area contributed by atoms with Crippen molar-refractivity contribution in [3.8, 4) is 0 Å². The number of carbonyl (C=O) groups excluding carboxylic acids is 1. The van der Waals surface area contributed by atoms with Crippen molar-refractivity contribution in [2.45, 2.75) is 5.92 Å². The number of amides is 1. The predicted octanol–water partition coefficient (Wildman–Crippen LogP) is 5.02. The van der Waals surface area contributed by atoms with Crippen molar-refractivity contribution in [1.29, 1.82) is 0 Å². The van der Waals surface area contributed by atoms with Gasteiger partial charge in [0.15, 0.2) is 5.13 Å². The van der Waals surface area contributed by atoms with E-state index >= 15 is 0 Å². The van der Waals surface area contributed by atoms with Gasteiger partial charge in [-0.25, -0.2) is 4.98 Å². The second kappa shape index (κ2) is 10.6. The molecular weight excluding hydrogens is 464 g/mol. The van der Waals surface area contributed by atoms with Crippen molar-refractivity contribution in [3.63, 3.8) is 0 Å². The van der Waals surface area contributed by atoms with Gasteiger partial charge in [-0.1, -0.05) is 89.7 Å². The number of piperazine rings is 1. The first-order valence-electron chi connectivity index (χ1n) is 11.6. The Balaban J connectivity index is 1.15. The number of anilines is 1. The standard InChI is InChI=1S/C27H27ClN4OS/c28-22-12-7-13-23-25(22)30-27(34-23)32-18-16-31(17-19-32)15-14-29-26(33)24(20-8-3-1-4-9-20)21-10-5-2-6-11-21/h1-13,24H,14-19H2,(H,29,33). The summed E-state index contributed by atoms with van der Waals surface area (Å²) >= 11 is 7.99. The predicted molar refractivity (Wildman–Crippen MR) is 141 cm³/mol. The SMILES string of the molecule is O=C(NCCN1CCN(c2nc3c(Cl)cccc3s2)CC1)C(c1ccccc1)c1ccccc1. The van der Waals surface area contributed by atoms with Crippen LogP contribution in [0.5, 0.6) is 0 Å². The van der Waals surface area contributed by atoms with E-state index in [-0.39, 0.29) is 11.8 Å². The fourth-order valence-electron chi connectivity index (χ4n) is 4.43. The van der Waals surface area contributed by atoms with Crippen LogP contribution < -0.4 is 10.2 Å². The number of nitrogens with zero attached hydrogens (tertiary/aromatic N) is 3. The van der Waals surface area contributed by atoms with Gasteiger partial charge in [0.1, 0.15) is 5.52 Å². The quantitative estimate of drug-likeness (QED) is 0.395. The number of thiazole rings is 1. The Morgan fingerprint density at radius 1 is 0.912 bits per heavy atom. The van der Waals surface area contributed by atoms with Crippen LogP contribution in [0.1, 0.15) is 17.0 Å². The van der Waals surface area contributed by atoms with Crippen molar-refractivity contribution in [1.82, 2.24) is 15.2 Å². The minimum absolute atomic E-state index is 0.0439. The summed E-state index contributed by atoms with van der Waals surface area (Å²) in [6, 6.07) is 25.9. The van der Waals surface area contributed by atoms with Gasteiger partial charge < -0.3 is 10.2 Å². The first-order valence-corrected chi connectivity index (χ1v) is 12.8. The number of rotatable bonds is 7. The van der Waals surface area contributed by atoms with E-state index in [4.69, 9.17) is 16.6 Å². The second-order valence-electron chi connectivity index (χ2n) is 8.46. The summed E-state index contributed by atoms with van der Waals surface area (Å²) in [4.78, 5) is 22.7. The molecule has 1 aliphatic rings. The normalized spacial score (nSPS) is 14.6. The molecule has 5 rings (SSSR count). The highest BCUT2D eigenvalue weighted by Crippen LogP contribution is 2.33. The summed E-state index contributed by atoms with van der Waals surface area (Å²) in [6.07, 6.45) is 0. The number of benzene rings is 3. The summed E-state index contributed by atoms with van der Waals surface area (Å²) in [5.74, 6) is -0.257. The molecule has 0 spiro atoms. The van der Waals surface area contributed by atoms with Crippen LogP contribution in [0.4, 0.5) is 5.13 Å². The third kappa shape index (κ3) is 5.09. The highest BCUT2D eigenvalue weighted by molar-refractivity contribution is 7.22. The average molecular weight is 491 g/mol. The molecule has 0 saturated carbocycles. The molecule has 3 aromatic carbocycles. The maximum absolute atomic E-state index is 13.2. The molecule has 1 aromatic heterocycles. The molecule has 174 valence electrons. The Hall–Kier alpha value is -2.93. The van der Waals surface area contributed by atoms with Crippen molar-refractivity contribution in [3.05, 3.63) is 95.0 Å². The number of hydrogen-bond donors (Lipinski definition) is 1. The largest absolute Gasteiger partial charge is 0.354 e. The Kier molecular flexibility index (Phi) is 7.09. The van der Waals surface area contributed by atoms with Gasteiger partial charge in [0.25, 0.3) is 0 Å². The number of nitrogens with one attached hydrogen (secondary N) is 1. The zero-order valence-corrected chi connectivity index (χ0v) is 20.4. The zero-order chi connectivity index (χ0) is 23.3. The number of halogens is 1. The van der Waals surface area contributed by atoms with Crippen LogP contribution >= 0.6 is 22.9 Å². The van der Waals surface area contributed by atoms with E-state index in [0.717, 1.165) is 59.2 Å². The molecule has 2 heterocycles. The molecule has 0 atom stereocenters. The molecule has 1 fully saturated rings. The summed E-state index contributed by atoms with van der Waals surface area (Å²) < 4.78 is 1.12. The summed E-state index contributed by atoms with van der Waals surface area (Å²) in [6.45, 7) is 5.19. The number of carbonyl (C=O) groups is 1. The molecule has 34 heavy (non-hydrogen) atoms. The van der Waals surface area contributed by atoms with Crippen LogP contribution in [-0.2, 0) is 4.79 Å². The lowest BCUT2D eigenvalue weighted by molar-refractivity contribution is -0.121. The van der Waals surface area contributed by atoms with Crippen molar-refractivity contribution in [2.75, 3.05) is 44.2 Å². The van der Waals surface area contributed by atoms with Crippen LogP contribution in [0.2, 0.25) is 5.02 Å². The van der Waals surface area contributed by atoms with Gasteiger partial charge >= 0.3 is 0 Å². The molecule has 0 unspecified atom stereocenters. The fraction of sp³-hybridized carbons (Fsp3) is 0.259. The van der Waals surface area contributed by atoms with Gasteiger partial charge in [-0.2, -0.15) is 0 Å². The first-order chi connectivity index (χ1) is 16.7. The molecule has 1 amide bonds. The number of fused-ring (bicyclic) bond motifs is 1. The zero-order valence-electron chi connectivity index (χ0n) is 18.9. The minimum Gasteiger partial charge on any atom is -0.354 e. The molecule has 1 N–H and O–H groups in total. The molecule has 1 aliphatic heterocycles. The van der Waals surface area contributed by atoms with E-state index in [1.807, 2.05) is 72.8 Å². The maximum atomic E-state index is 13.2. The van der Waals surface area contributed by atoms with Crippen molar-refractivity contribution < 1.29 is 4.79 Å². The van der Waals surface area contributed by atoms with Crippen LogP contribution in [0.25, 0.3) is 10.2 Å². The number of aromatic nitrogens is 1. The van der Waals surface area contributed by atoms with E-state index in [2.05, 4.69) is 21.2 Å². The van der Waals surface area contributed by atoms with E-state index in [0.29, 0.717) is 11.6 Å². The van der Waals surface area contributed by atoms with Gasteiger partial charge in [-0.3, -0.25) is 9.69 Å². The monoisotopic (exact) mass is 490 g/mol. The molecule has 5 nitrogen and oxygen atoms in total. The van der Waals surface area contributed by atoms with Gasteiger partial charge in [0, 0.05) is 39.3 Å². The fourth-order valence-corrected chi connectivity index (χ4v) is 5.74. The Morgan fingerprint density at radius 2 is 1.56 bits per heavy atom. The van der Waals surface area contributed by atoms with E-state index in [1.165, 1.54) is 0 Å². The molecule has 0 bridgehead atoms. The smallest absolute Gasteiger partial charge is 0.232 e. The van der Waals surface area contributed by atoms with Gasteiger partial charge in [-0.05, 0) is 23.3 Å². The number of hydrogen-bond acceptors (Lipinski definition) is 5. The Morgan fingerprint density at radius 3 is 2.18 bits per heavy atom. The summed E-state index contributed by atoms with van der Waals surface area (Å²) in [5, 5.41) is 4.91. The molecular formula is C27H27ClN4OS. The summed E-state index contributed by atoms with van der Waals surface area (Å²) in [7, 11) is 0. The maximum Gasteiger partial charge on any atom is 0.232 e. The highest BCUT2D eigenvalue weighted by atomic mass is 35.5. The summed E-state index contributed by atoms with van der Waals surface area (Å²) in [5.41, 5.74) is 2.91.